The lowest BCUT2D eigenvalue weighted by Crippen LogP contribution is -2.46. The first-order valence-electron chi connectivity index (χ1n) is 7.84. The molecule has 1 aliphatic rings. The van der Waals surface area contributed by atoms with Gasteiger partial charge in [-0.15, -0.1) is 11.3 Å². The zero-order chi connectivity index (χ0) is 16.2. The second-order valence-corrected chi connectivity index (χ2v) is 6.78. The third-order valence-electron chi connectivity index (χ3n) is 4.24. The van der Waals surface area contributed by atoms with E-state index in [2.05, 4.69) is 5.32 Å². The molecular weight excluding hydrogens is 308 g/mol. The Hall–Kier alpha value is -2.14. The number of likely N-dealkylation sites (tertiary alicyclic amines) is 1. The number of amides is 2. The molecule has 0 bridgehead atoms. The Balaban J connectivity index is 1.54. The van der Waals surface area contributed by atoms with Crippen LogP contribution in [0.15, 0.2) is 41.8 Å². The third-order valence-corrected chi connectivity index (χ3v) is 5.10. The van der Waals surface area contributed by atoms with Crippen molar-refractivity contribution in [1.29, 1.82) is 0 Å². The average molecular weight is 328 g/mol. The van der Waals surface area contributed by atoms with E-state index >= 15 is 0 Å². The van der Waals surface area contributed by atoms with Crippen LogP contribution in [0.25, 0.3) is 0 Å². The minimum Gasteiger partial charge on any atom is -0.349 e. The number of nitrogens with one attached hydrogen (secondary N) is 1. The van der Waals surface area contributed by atoms with Crippen LogP contribution in [0.3, 0.4) is 0 Å². The molecule has 23 heavy (non-hydrogen) atoms. The van der Waals surface area contributed by atoms with E-state index in [9.17, 15) is 9.59 Å². The number of piperidine rings is 1. The Morgan fingerprint density at radius 2 is 1.87 bits per heavy atom. The summed E-state index contributed by atoms with van der Waals surface area (Å²) in [5.74, 6) is 0.0785. The minimum absolute atomic E-state index is 0.0221. The van der Waals surface area contributed by atoms with Gasteiger partial charge >= 0.3 is 0 Å². The monoisotopic (exact) mass is 328 g/mol. The normalized spacial score (nSPS) is 15.4. The first kappa shape index (κ1) is 15.7. The molecule has 0 spiro atoms. The zero-order valence-corrected chi connectivity index (χ0v) is 13.9. The van der Waals surface area contributed by atoms with Crippen LogP contribution in [0.2, 0.25) is 0 Å². The van der Waals surface area contributed by atoms with Gasteiger partial charge in [0.2, 0.25) is 0 Å². The van der Waals surface area contributed by atoms with Gasteiger partial charge in [-0.25, -0.2) is 0 Å². The van der Waals surface area contributed by atoms with Gasteiger partial charge in [-0.3, -0.25) is 9.59 Å². The molecule has 3 rings (SSSR count). The number of carbonyl (C=O) groups is 2. The molecule has 5 heteroatoms. The minimum atomic E-state index is -0.0221. The average Bonchev–Trinajstić information content (AvgIpc) is 3.09. The predicted molar refractivity (Wildman–Crippen MR) is 91.9 cm³/mol. The number of hydrogen-bond acceptors (Lipinski definition) is 3. The molecule has 2 aromatic rings. The molecule has 1 aromatic heterocycles. The van der Waals surface area contributed by atoms with E-state index in [0.29, 0.717) is 13.1 Å². The van der Waals surface area contributed by atoms with Crippen LogP contribution in [0.4, 0.5) is 0 Å². The third kappa shape index (κ3) is 3.62. The van der Waals surface area contributed by atoms with Gasteiger partial charge in [-0.2, -0.15) is 0 Å². The van der Waals surface area contributed by atoms with E-state index in [1.807, 2.05) is 53.6 Å². The molecule has 0 radical (unpaired) electrons. The number of nitrogens with zero attached hydrogens (tertiary/aromatic N) is 1. The Morgan fingerprint density at radius 3 is 2.52 bits per heavy atom. The Labute approximate surface area is 140 Å². The largest absolute Gasteiger partial charge is 0.349 e. The summed E-state index contributed by atoms with van der Waals surface area (Å²) in [6.45, 7) is 3.32. The molecule has 1 saturated heterocycles. The summed E-state index contributed by atoms with van der Waals surface area (Å²) in [7, 11) is 0. The number of benzene rings is 1. The first-order valence-corrected chi connectivity index (χ1v) is 8.72. The molecule has 1 N–H and O–H groups in total. The zero-order valence-electron chi connectivity index (χ0n) is 13.1. The van der Waals surface area contributed by atoms with Crippen LogP contribution in [0, 0.1) is 6.92 Å². The van der Waals surface area contributed by atoms with E-state index in [4.69, 9.17) is 0 Å². The quantitative estimate of drug-likeness (QED) is 0.941. The summed E-state index contributed by atoms with van der Waals surface area (Å²) in [4.78, 5) is 27.3. The van der Waals surface area contributed by atoms with Gasteiger partial charge in [0.15, 0.2) is 0 Å². The number of thiophene rings is 1. The second-order valence-electron chi connectivity index (χ2n) is 5.83. The highest BCUT2D eigenvalue weighted by Crippen LogP contribution is 2.17. The van der Waals surface area contributed by atoms with Gasteiger partial charge in [0.1, 0.15) is 0 Å². The van der Waals surface area contributed by atoms with Gasteiger partial charge in [-0.05, 0) is 42.8 Å². The molecule has 120 valence electrons. The molecule has 0 atom stereocenters. The molecule has 0 unspecified atom stereocenters. The van der Waals surface area contributed by atoms with Crippen LogP contribution in [0.5, 0.6) is 0 Å². The fourth-order valence-electron chi connectivity index (χ4n) is 2.87. The van der Waals surface area contributed by atoms with Crippen molar-refractivity contribution in [3.63, 3.8) is 0 Å². The van der Waals surface area contributed by atoms with E-state index < -0.39 is 0 Å². The maximum atomic E-state index is 12.3. The summed E-state index contributed by atoms with van der Waals surface area (Å²) in [5, 5.41) is 5.01. The lowest BCUT2D eigenvalue weighted by molar-refractivity contribution is 0.0703. The van der Waals surface area contributed by atoms with E-state index in [0.717, 1.165) is 28.8 Å². The summed E-state index contributed by atoms with van der Waals surface area (Å²) < 4.78 is 0. The molecule has 4 nitrogen and oxygen atoms in total. The summed E-state index contributed by atoms with van der Waals surface area (Å²) in [6.07, 6.45) is 1.60. The molecular formula is C18H20N2O2S. The predicted octanol–water partition coefficient (Wildman–Crippen LogP) is 3.09. The van der Waals surface area contributed by atoms with Crippen molar-refractivity contribution in [1.82, 2.24) is 10.2 Å². The summed E-state index contributed by atoms with van der Waals surface area (Å²) in [6, 6.07) is 11.5. The van der Waals surface area contributed by atoms with Crippen molar-refractivity contribution < 1.29 is 9.59 Å². The molecule has 1 aromatic carbocycles. The van der Waals surface area contributed by atoms with Crippen LogP contribution in [-0.4, -0.2) is 35.8 Å². The van der Waals surface area contributed by atoms with Crippen molar-refractivity contribution in [2.75, 3.05) is 13.1 Å². The van der Waals surface area contributed by atoms with Crippen LogP contribution >= 0.6 is 11.3 Å². The van der Waals surface area contributed by atoms with Crippen LogP contribution < -0.4 is 5.32 Å². The Bertz CT molecular complexity index is 689. The SMILES string of the molecule is Cc1ccccc1C(=O)NC1CCN(C(=O)c2cccs2)CC1. The molecule has 2 heterocycles. The Morgan fingerprint density at radius 1 is 1.13 bits per heavy atom. The fraction of sp³-hybridized carbons (Fsp3) is 0.333. The summed E-state index contributed by atoms with van der Waals surface area (Å²) >= 11 is 1.47. The number of hydrogen-bond donors (Lipinski definition) is 1. The van der Waals surface area contributed by atoms with E-state index in [-0.39, 0.29) is 17.9 Å². The number of aryl methyl sites for hydroxylation is 1. The van der Waals surface area contributed by atoms with E-state index in [1.54, 1.807) is 0 Å². The Kier molecular flexibility index (Phi) is 4.76. The topological polar surface area (TPSA) is 49.4 Å². The first-order chi connectivity index (χ1) is 11.1. The van der Waals surface area contributed by atoms with Crippen LogP contribution in [0.1, 0.15) is 38.4 Å². The van der Waals surface area contributed by atoms with Gasteiger partial charge in [-0.1, -0.05) is 24.3 Å². The highest BCUT2D eigenvalue weighted by Gasteiger charge is 2.25. The molecule has 0 aliphatic carbocycles. The van der Waals surface area contributed by atoms with Gasteiger partial charge in [0.05, 0.1) is 4.88 Å². The maximum absolute atomic E-state index is 12.3. The number of carbonyl (C=O) groups excluding carboxylic acids is 2. The lowest BCUT2D eigenvalue weighted by atomic mass is 10.0. The van der Waals surface area contributed by atoms with Crippen molar-refractivity contribution >= 4 is 23.2 Å². The molecule has 0 saturated carbocycles. The highest BCUT2D eigenvalue weighted by atomic mass is 32.1. The molecule has 1 fully saturated rings. The molecule has 2 amide bonds. The number of rotatable bonds is 3. The summed E-state index contributed by atoms with van der Waals surface area (Å²) in [5.41, 5.74) is 1.71. The lowest BCUT2D eigenvalue weighted by Gasteiger charge is -2.32. The van der Waals surface area contributed by atoms with Crippen molar-refractivity contribution in [3.8, 4) is 0 Å². The van der Waals surface area contributed by atoms with Gasteiger partial charge < -0.3 is 10.2 Å². The van der Waals surface area contributed by atoms with Gasteiger partial charge in [0.25, 0.3) is 11.8 Å². The standard InChI is InChI=1S/C18H20N2O2S/c1-13-5-2-3-6-15(13)17(21)19-14-8-10-20(11-9-14)18(22)16-7-4-12-23-16/h2-7,12,14H,8-11H2,1H3,(H,19,21). The second kappa shape index (κ2) is 6.96. The van der Waals surface area contributed by atoms with Gasteiger partial charge in [0, 0.05) is 24.7 Å². The van der Waals surface area contributed by atoms with Crippen molar-refractivity contribution in [2.45, 2.75) is 25.8 Å². The molecule has 1 aliphatic heterocycles. The fourth-order valence-corrected chi connectivity index (χ4v) is 3.56. The van der Waals surface area contributed by atoms with E-state index in [1.165, 1.54) is 11.3 Å². The van der Waals surface area contributed by atoms with Crippen molar-refractivity contribution in [2.24, 2.45) is 0 Å². The maximum Gasteiger partial charge on any atom is 0.263 e. The van der Waals surface area contributed by atoms with Crippen molar-refractivity contribution in [3.05, 3.63) is 57.8 Å². The smallest absolute Gasteiger partial charge is 0.263 e. The highest BCUT2D eigenvalue weighted by molar-refractivity contribution is 7.12. The van der Waals surface area contributed by atoms with Crippen LogP contribution in [-0.2, 0) is 0 Å².